The summed E-state index contributed by atoms with van der Waals surface area (Å²) >= 11 is 0. The van der Waals surface area contributed by atoms with E-state index in [1.54, 1.807) is 31.2 Å². The van der Waals surface area contributed by atoms with Crippen LogP contribution in [0.4, 0.5) is 0 Å². The van der Waals surface area contributed by atoms with E-state index >= 15 is 0 Å². The Hall–Kier alpha value is -2.55. The van der Waals surface area contributed by atoms with Gasteiger partial charge in [-0.05, 0) is 44.0 Å². The number of likely N-dealkylation sites (tertiary alicyclic amines) is 1. The fourth-order valence-corrected chi connectivity index (χ4v) is 2.38. The van der Waals surface area contributed by atoms with Crippen molar-refractivity contribution in [1.29, 1.82) is 5.26 Å². The van der Waals surface area contributed by atoms with Crippen LogP contribution in [0.2, 0.25) is 0 Å². The molecule has 0 bridgehead atoms. The summed E-state index contributed by atoms with van der Waals surface area (Å²) in [7, 11) is 0. The minimum Gasteiger partial charge on any atom is -0.481 e. The van der Waals surface area contributed by atoms with Gasteiger partial charge in [0.1, 0.15) is 11.8 Å². The number of benzene rings is 1. The molecular weight excluding hydrogens is 272 g/mol. The highest BCUT2D eigenvalue weighted by molar-refractivity contribution is 5.87. The SMILES string of the molecule is CC(Oc1ccc(C#N)cc1)C(=O)N1CCCC1C(=O)O. The first-order chi connectivity index (χ1) is 10.0. The second-order valence-corrected chi connectivity index (χ2v) is 4.92. The van der Waals surface area contributed by atoms with Gasteiger partial charge < -0.3 is 14.7 Å². The number of hydrogen-bond acceptors (Lipinski definition) is 4. The van der Waals surface area contributed by atoms with E-state index in [-0.39, 0.29) is 5.91 Å². The molecule has 0 aliphatic carbocycles. The summed E-state index contributed by atoms with van der Waals surface area (Å²) in [5.74, 6) is -0.836. The van der Waals surface area contributed by atoms with E-state index in [4.69, 9.17) is 15.1 Å². The lowest BCUT2D eigenvalue weighted by Gasteiger charge is -2.25. The van der Waals surface area contributed by atoms with Gasteiger partial charge >= 0.3 is 5.97 Å². The summed E-state index contributed by atoms with van der Waals surface area (Å²) in [5.41, 5.74) is 0.506. The molecule has 1 aliphatic rings. The lowest BCUT2D eigenvalue weighted by Crippen LogP contribution is -2.46. The van der Waals surface area contributed by atoms with Gasteiger partial charge in [-0.3, -0.25) is 4.79 Å². The Morgan fingerprint density at radius 3 is 2.67 bits per heavy atom. The molecule has 1 heterocycles. The molecule has 1 aromatic rings. The molecule has 0 saturated carbocycles. The molecule has 6 nitrogen and oxygen atoms in total. The molecular formula is C15H16N2O4. The van der Waals surface area contributed by atoms with Crippen molar-refractivity contribution in [3.63, 3.8) is 0 Å². The van der Waals surface area contributed by atoms with Crippen LogP contribution in [0.5, 0.6) is 5.75 Å². The number of carbonyl (C=O) groups excluding carboxylic acids is 1. The predicted octanol–water partition coefficient (Wildman–Crippen LogP) is 1.40. The van der Waals surface area contributed by atoms with Crippen molar-refractivity contribution in [1.82, 2.24) is 4.90 Å². The molecule has 1 aliphatic heterocycles. The largest absolute Gasteiger partial charge is 0.481 e. The Morgan fingerprint density at radius 2 is 2.10 bits per heavy atom. The number of rotatable bonds is 4. The Bertz CT molecular complexity index is 576. The van der Waals surface area contributed by atoms with Crippen molar-refractivity contribution in [2.45, 2.75) is 31.9 Å². The minimum atomic E-state index is -0.980. The smallest absolute Gasteiger partial charge is 0.326 e. The second kappa shape index (κ2) is 6.27. The zero-order chi connectivity index (χ0) is 15.4. The Morgan fingerprint density at radius 1 is 1.43 bits per heavy atom. The Labute approximate surface area is 122 Å². The number of amides is 1. The van der Waals surface area contributed by atoms with Gasteiger partial charge in [0.15, 0.2) is 6.10 Å². The summed E-state index contributed by atoms with van der Waals surface area (Å²) in [5, 5.41) is 17.8. The summed E-state index contributed by atoms with van der Waals surface area (Å²) in [4.78, 5) is 24.7. The van der Waals surface area contributed by atoms with Gasteiger partial charge in [0.25, 0.3) is 5.91 Å². The molecule has 2 unspecified atom stereocenters. The third-order valence-corrected chi connectivity index (χ3v) is 3.46. The highest BCUT2D eigenvalue weighted by Crippen LogP contribution is 2.20. The standard InChI is InChI=1S/C15H16N2O4/c1-10(21-12-6-4-11(9-16)5-7-12)14(18)17-8-2-3-13(17)15(19)20/h4-7,10,13H,2-3,8H2,1H3,(H,19,20). The molecule has 6 heteroatoms. The molecule has 21 heavy (non-hydrogen) atoms. The number of ether oxygens (including phenoxy) is 1. The molecule has 0 spiro atoms. The zero-order valence-electron chi connectivity index (χ0n) is 11.7. The predicted molar refractivity (Wildman–Crippen MR) is 73.6 cm³/mol. The molecule has 2 atom stereocenters. The van der Waals surface area contributed by atoms with Gasteiger partial charge in [0.2, 0.25) is 0 Å². The van der Waals surface area contributed by atoms with Crippen molar-refractivity contribution < 1.29 is 19.4 Å². The van der Waals surface area contributed by atoms with Crippen molar-refractivity contribution in [2.24, 2.45) is 0 Å². The fraction of sp³-hybridized carbons (Fsp3) is 0.400. The molecule has 0 radical (unpaired) electrons. The van der Waals surface area contributed by atoms with Gasteiger partial charge in [-0.25, -0.2) is 4.79 Å². The maximum atomic E-state index is 12.3. The Kier molecular flexibility index (Phi) is 4.43. The summed E-state index contributed by atoms with van der Waals surface area (Å²) in [6, 6.07) is 7.66. The number of hydrogen-bond donors (Lipinski definition) is 1. The average molecular weight is 288 g/mol. The van der Waals surface area contributed by atoms with Crippen molar-refractivity contribution in [3.8, 4) is 11.8 Å². The lowest BCUT2D eigenvalue weighted by atomic mass is 10.2. The topological polar surface area (TPSA) is 90.6 Å². The van der Waals surface area contributed by atoms with Gasteiger partial charge in [-0.15, -0.1) is 0 Å². The summed E-state index contributed by atoms with van der Waals surface area (Å²) in [6.07, 6.45) is 0.398. The van der Waals surface area contributed by atoms with E-state index in [2.05, 4.69) is 0 Å². The number of carboxylic acids is 1. The van der Waals surface area contributed by atoms with Crippen LogP contribution in [-0.2, 0) is 9.59 Å². The molecule has 0 aromatic heterocycles. The molecule has 1 aromatic carbocycles. The molecule has 1 saturated heterocycles. The first-order valence-corrected chi connectivity index (χ1v) is 6.73. The summed E-state index contributed by atoms with van der Waals surface area (Å²) in [6.45, 7) is 2.04. The lowest BCUT2D eigenvalue weighted by molar-refractivity contribution is -0.150. The highest BCUT2D eigenvalue weighted by atomic mass is 16.5. The number of carboxylic acid groups (broad SMARTS) is 1. The first-order valence-electron chi connectivity index (χ1n) is 6.73. The van der Waals surface area contributed by atoms with Crippen LogP contribution in [0.1, 0.15) is 25.3 Å². The van der Waals surface area contributed by atoms with E-state index in [1.165, 1.54) is 4.90 Å². The number of aliphatic carboxylic acids is 1. The number of carbonyl (C=O) groups is 2. The van der Waals surface area contributed by atoms with E-state index in [1.807, 2.05) is 6.07 Å². The van der Waals surface area contributed by atoms with Crippen molar-refractivity contribution in [3.05, 3.63) is 29.8 Å². The molecule has 1 amide bonds. The van der Waals surface area contributed by atoms with E-state index in [0.717, 1.165) is 0 Å². The van der Waals surface area contributed by atoms with Crippen LogP contribution >= 0.6 is 0 Å². The van der Waals surface area contributed by atoms with Crippen molar-refractivity contribution >= 4 is 11.9 Å². The van der Waals surface area contributed by atoms with Gasteiger partial charge in [0.05, 0.1) is 11.6 Å². The molecule has 1 fully saturated rings. The number of nitrogens with zero attached hydrogens (tertiary/aromatic N) is 2. The van der Waals surface area contributed by atoms with E-state index < -0.39 is 18.1 Å². The third-order valence-electron chi connectivity index (χ3n) is 3.46. The third kappa shape index (κ3) is 3.31. The van der Waals surface area contributed by atoms with Crippen molar-refractivity contribution in [2.75, 3.05) is 6.54 Å². The van der Waals surface area contributed by atoms with E-state index in [9.17, 15) is 9.59 Å². The van der Waals surface area contributed by atoms with Crippen LogP contribution in [-0.4, -0.2) is 40.6 Å². The minimum absolute atomic E-state index is 0.329. The van der Waals surface area contributed by atoms with Crippen LogP contribution in [0.15, 0.2) is 24.3 Å². The molecule has 2 rings (SSSR count). The average Bonchev–Trinajstić information content (AvgIpc) is 2.96. The van der Waals surface area contributed by atoms with Gasteiger partial charge in [0, 0.05) is 6.54 Å². The Balaban J connectivity index is 2.02. The highest BCUT2D eigenvalue weighted by Gasteiger charge is 2.36. The van der Waals surface area contributed by atoms with Crippen LogP contribution in [0.25, 0.3) is 0 Å². The maximum absolute atomic E-state index is 12.3. The van der Waals surface area contributed by atoms with Crippen LogP contribution in [0, 0.1) is 11.3 Å². The molecule has 1 N–H and O–H groups in total. The van der Waals surface area contributed by atoms with Crippen LogP contribution < -0.4 is 4.74 Å². The monoisotopic (exact) mass is 288 g/mol. The first kappa shape index (κ1) is 14.9. The van der Waals surface area contributed by atoms with Gasteiger partial charge in [-0.2, -0.15) is 5.26 Å². The second-order valence-electron chi connectivity index (χ2n) is 4.92. The number of nitriles is 1. The normalized spacial score (nSPS) is 18.9. The van der Waals surface area contributed by atoms with Gasteiger partial charge in [-0.1, -0.05) is 0 Å². The zero-order valence-corrected chi connectivity index (χ0v) is 11.7. The molecule has 110 valence electrons. The van der Waals surface area contributed by atoms with E-state index in [0.29, 0.717) is 30.7 Å². The quantitative estimate of drug-likeness (QED) is 0.904. The fourth-order valence-electron chi connectivity index (χ4n) is 2.38. The summed E-state index contributed by atoms with van der Waals surface area (Å²) < 4.78 is 5.52. The van der Waals surface area contributed by atoms with Crippen LogP contribution in [0.3, 0.4) is 0 Å². The maximum Gasteiger partial charge on any atom is 0.326 e.